The fourth-order valence-electron chi connectivity index (χ4n) is 3.90. The number of aromatic nitrogens is 4. The number of alkyl halides is 3. The number of anilines is 2. The summed E-state index contributed by atoms with van der Waals surface area (Å²) in [5.41, 5.74) is 11.2. The van der Waals surface area contributed by atoms with Crippen LogP contribution in [0, 0.1) is 0 Å². The molecule has 0 bridgehead atoms. The van der Waals surface area contributed by atoms with E-state index in [1.165, 1.54) is 17.8 Å². The van der Waals surface area contributed by atoms with E-state index in [1.54, 1.807) is 31.2 Å². The number of carbonyl (C=O) groups excluding carboxylic acids is 2. The van der Waals surface area contributed by atoms with Crippen molar-refractivity contribution in [1.82, 2.24) is 19.6 Å². The van der Waals surface area contributed by atoms with Crippen LogP contribution in [-0.4, -0.2) is 44.5 Å². The molecule has 36 heavy (non-hydrogen) atoms. The van der Waals surface area contributed by atoms with Gasteiger partial charge in [-0.3, -0.25) is 14.3 Å². The van der Waals surface area contributed by atoms with Crippen LogP contribution in [0.15, 0.2) is 30.3 Å². The summed E-state index contributed by atoms with van der Waals surface area (Å²) in [6.45, 7) is 5.24. The van der Waals surface area contributed by atoms with Crippen molar-refractivity contribution in [2.45, 2.75) is 51.5 Å². The first-order valence-electron chi connectivity index (χ1n) is 11.3. The van der Waals surface area contributed by atoms with E-state index in [1.807, 2.05) is 13.8 Å². The van der Waals surface area contributed by atoms with E-state index in [0.29, 0.717) is 16.8 Å². The SMILES string of the molecule is CC(C(=O)Nc1cc(C(C)(CF)C(F)F)n(C)n1)c1ccc(-c2nn(C(C)C)c(N)c2C(N)=O)cc1. The van der Waals surface area contributed by atoms with Gasteiger partial charge in [0, 0.05) is 24.7 Å². The van der Waals surface area contributed by atoms with E-state index in [4.69, 9.17) is 11.5 Å². The van der Waals surface area contributed by atoms with Gasteiger partial charge in [0.25, 0.3) is 12.3 Å². The lowest BCUT2D eigenvalue weighted by atomic mass is 9.88. The number of rotatable bonds is 9. The number of hydrogen-bond acceptors (Lipinski definition) is 5. The first-order chi connectivity index (χ1) is 16.8. The number of primary amides is 1. The number of nitrogen functional groups attached to an aromatic ring is 1. The minimum atomic E-state index is -2.95. The van der Waals surface area contributed by atoms with Crippen LogP contribution in [0.25, 0.3) is 11.3 Å². The van der Waals surface area contributed by atoms with Gasteiger partial charge in [-0.25, -0.2) is 17.9 Å². The topological polar surface area (TPSA) is 134 Å². The molecule has 9 nitrogen and oxygen atoms in total. The van der Waals surface area contributed by atoms with Crippen molar-refractivity contribution in [3.8, 4) is 11.3 Å². The molecular weight excluding hydrogens is 475 g/mol. The van der Waals surface area contributed by atoms with Crippen LogP contribution in [0.4, 0.5) is 24.8 Å². The van der Waals surface area contributed by atoms with E-state index in [2.05, 4.69) is 15.5 Å². The van der Waals surface area contributed by atoms with Gasteiger partial charge in [0.05, 0.1) is 17.0 Å². The van der Waals surface area contributed by atoms with Crippen LogP contribution in [0.5, 0.6) is 0 Å². The molecule has 2 unspecified atom stereocenters. The second kappa shape index (κ2) is 10.0. The molecule has 2 atom stereocenters. The standard InChI is InChI=1S/C24H30F3N7O2/c1-12(2)34-20(28)18(21(29)35)19(32-34)15-8-6-14(7-9-15)13(3)22(36)30-17-10-16(33(5)31-17)24(4,11-25)23(26)27/h6-10,12-13,23H,11,28H2,1-5H3,(H2,29,35)(H,30,31,36). The van der Waals surface area contributed by atoms with Gasteiger partial charge in [-0.15, -0.1) is 0 Å². The van der Waals surface area contributed by atoms with Gasteiger partial charge in [-0.2, -0.15) is 10.2 Å². The molecule has 2 heterocycles. The average Bonchev–Trinajstić information content (AvgIpc) is 3.37. The van der Waals surface area contributed by atoms with E-state index < -0.39 is 36.2 Å². The molecule has 5 N–H and O–H groups in total. The Bertz CT molecular complexity index is 1270. The Morgan fingerprint density at radius 2 is 1.75 bits per heavy atom. The van der Waals surface area contributed by atoms with Gasteiger partial charge in [0.2, 0.25) is 5.91 Å². The number of amides is 2. The Labute approximate surface area is 206 Å². The normalized spacial score (nSPS) is 14.2. The maximum Gasteiger partial charge on any atom is 0.254 e. The lowest BCUT2D eigenvalue weighted by Crippen LogP contribution is -2.35. The number of hydrogen-bond donors (Lipinski definition) is 3. The fourth-order valence-corrected chi connectivity index (χ4v) is 3.90. The van der Waals surface area contributed by atoms with Crippen LogP contribution in [0.2, 0.25) is 0 Å². The molecule has 0 aliphatic carbocycles. The van der Waals surface area contributed by atoms with Crippen LogP contribution >= 0.6 is 0 Å². The molecule has 0 radical (unpaired) electrons. The number of halogens is 3. The Hall–Kier alpha value is -3.83. The molecule has 1 aromatic carbocycles. The van der Waals surface area contributed by atoms with Gasteiger partial charge < -0.3 is 16.8 Å². The molecule has 0 spiro atoms. The number of nitrogens with two attached hydrogens (primary N) is 2. The summed E-state index contributed by atoms with van der Waals surface area (Å²) in [6, 6.07) is 7.97. The number of aryl methyl sites for hydroxylation is 1. The molecule has 0 saturated heterocycles. The second-order valence-electron chi connectivity index (χ2n) is 9.23. The molecule has 12 heteroatoms. The zero-order valence-corrected chi connectivity index (χ0v) is 20.7. The third-order valence-corrected chi connectivity index (χ3v) is 6.24. The maximum atomic E-state index is 13.5. The summed E-state index contributed by atoms with van der Waals surface area (Å²) < 4.78 is 43.0. The number of benzene rings is 1. The maximum absolute atomic E-state index is 13.5. The summed E-state index contributed by atoms with van der Waals surface area (Å²) in [5, 5.41) is 11.1. The van der Waals surface area contributed by atoms with Gasteiger partial charge in [0.15, 0.2) is 5.82 Å². The quantitative estimate of drug-likeness (QED) is 0.407. The summed E-state index contributed by atoms with van der Waals surface area (Å²) in [6.07, 6.45) is -2.95. The van der Waals surface area contributed by atoms with Crippen molar-refractivity contribution in [1.29, 1.82) is 0 Å². The van der Waals surface area contributed by atoms with Crippen molar-refractivity contribution in [2.75, 3.05) is 17.7 Å². The molecular formula is C24H30F3N7O2. The van der Waals surface area contributed by atoms with Crippen molar-refractivity contribution in [2.24, 2.45) is 12.8 Å². The molecule has 2 amide bonds. The van der Waals surface area contributed by atoms with Gasteiger partial charge in [0.1, 0.15) is 23.7 Å². The molecule has 2 aromatic heterocycles. The predicted molar refractivity (Wildman–Crippen MR) is 131 cm³/mol. The summed E-state index contributed by atoms with van der Waals surface area (Å²) >= 11 is 0. The molecule has 3 aromatic rings. The average molecular weight is 506 g/mol. The highest BCUT2D eigenvalue weighted by Gasteiger charge is 2.40. The third kappa shape index (κ3) is 4.79. The highest BCUT2D eigenvalue weighted by molar-refractivity contribution is 6.03. The lowest BCUT2D eigenvalue weighted by molar-refractivity contribution is -0.117. The number of nitrogens with one attached hydrogen (secondary N) is 1. The molecule has 0 aliphatic heterocycles. The van der Waals surface area contributed by atoms with Crippen molar-refractivity contribution in [3.63, 3.8) is 0 Å². The Balaban J connectivity index is 1.82. The Kier molecular flexibility index (Phi) is 7.46. The van der Waals surface area contributed by atoms with E-state index >= 15 is 0 Å². The highest BCUT2D eigenvalue weighted by atomic mass is 19.3. The first-order valence-corrected chi connectivity index (χ1v) is 11.3. The predicted octanol–water partition coefficient (Wildman–Crippen LogP) is 3.78. The second-order valence-corrected chi connectivity index (χ2v) is 9.23. The first kappa shape index (κ1) is 26.8. The van der Waals surface area contributed by atoms with Gasteiger partial charge >= 0.3 is 0 Å². The van der Waals surface area contributed by atoms with Gasteiger partial charge in [-0.1, -0.05) is 24.3 Å². The monoisotopic (exact) mass is 505 g/mol. The minimum absolute atomic E-state index is 0.0299. The van der Waals surface area contributed by atoms with Crippen LogP contribution in [0.3, 0.4) is 0 Å². The highest BCUT2D eigenvalue weighted by Crippen LogP contribution is 2.33. The van der Waals surface area contributed by atoms with Crippen molar-refractivity contribution in [3.05, 3.63) is 47.2 Å². The van der Waals surface area contributed by atoms with Crippen molar-refractivity contribution >= 4 is 23.5 Å². The number of carbonyl (C=O) groups is 2. The molecule has 0 aliphatic rings. The van der Waals surface area contributed by atoms with E-state index in [0.717, 1.165) is 11.6 Å². The van der Waals surface area contributed by atoms with E-state index in [9.17, 15) is 22.8 Å². The summed E-state index contributed by atoms with van der Waals surface area (Å²) in [5.74, 6) is -1.55. The van der Waals surface area contributed by atoms with Crippen LogP contribution in [0.1, 0.15) is 61.3 Å². The zero-order chi connectivity index (χ0) is 26.9. The fraction of sp³-hybridized carbons (Fsp3) is 0.417. The molecule has 194 valence electrons. The molecule has 0 fully saturated rings. The largest absolute Gasteiger partial charge is 0.383 e. The number of nitrogens with zero attached hydrogens (tertiary/aromatic N) is 4. The molecule has 0 saturated carbocycles. The molecule has 3 rings (SSSR count). The summed E-state index contributed by atoms with van der Waals surface area (Å²) in [4.78, 5) is 24.8. The van der Waals surface area contributed by atoms with Crippen LogP contribution in [-0.2, 0) is 17.3 Å². The smallest absolute Gasteiger partial charge is 0.254 e. The Morgan fingerprint density at radius 3 is 2.25 bits per heavy atom. The zero-order valence-electron chi connectivity index (χ0n) is 20.7. The third-order valence-electron chi connectivity index (χ3n) is 6.24. The Morgan fingerprint density at radius 1 is 1.14 bits per heavy atom. The van der Waals surface area contributed by atoms with Gasteiger partial charge in [-0.05, 0) is 33.3 Å². The van der Waals surface area contributed by atoms with Crippen molar-refractivity contribution < 1.29 is 22.8 Å². The van der Waals surface area contributed by atoms with E-state index in [-0.39, 0.29) is 28.9 Å². The lowest BCUT2D eigenvalue weighted by Gasteiger charge is -2.24. The van der Waals surface area contributed by atoms with Crippen LogP contribution < -0.4 is 16.8 Å². The summed E-state index contributed by atoms with van der Waals surface area (Å²) in [7, 11) is 1.41. The minimum Gasteiger partial charge on any atom is -0.383 e.